The largest absolute Gasteiger partial charge is 0.460 e. The molecule has 0 amide bonds. The summed E-state index contributed by atoms with van der Waals surface area (Å²) in [6.45, 7) is 2.68. The Balaban J connectivity index is 1.66. The van der Waals surface area contributed by atoms with Crippen molar-refractivity contribution >= 4 is 34.3 Å². The van der Waals surface area contributed by atoms with Crippen LogP contribution in [-0.2, 0) is 11.3 Å². The molecule has 0 radical (unpaired) electrons. The molecule has 1 aliphatic heterocycles. The predicted molar refractivity (Wildman–Crippen MR) is 100 cm³/mol. The third kappa shape index (κ3) is 3.59. The highest BCUT2D eigenvalue weighted by atomic mass is 35.5. The molecule has 3 aromatic rings. The van der Waals surface area contributed by atoms with Gasteiger partial charge in [0.25, 0.3) is 0 Å². The Labute approximate surface area is 160 Å². The van der Waals surface area contributed by atoms with Crippen molar-refractivity contribution in [3.05, 3.63) is 52.8 Å². The predicted octanol–water partition coefficient (Wildman–Crippen LogP) is 3.80. The van der Waals surface area contributed by atoms with Gasteiger partial charge < -0.3 is 19.5 Å². The molecule has 1 N–H and O–H groups in total. The van der Waals surface area contributed by atoms with E-state index in [0.29, 0.717) is 28.7 Å². The van der Waals surface area contributed by atoms with Gasteiger partial charge in [-0.05, 0) is 42.8 Å². The fourth-order valence-corrected chi connectivity index (χ4v) is 2.93. The molecule has 1 aromatic heterocycles. The fraction of sp³-hybridized carbons (Fsp3) is 0.211. The molecule has 0 saturated heterocycles. The Morgan fingerprint density at radius 2 is 2.04 bits per heavy atom. The smallest absolute Gasteiger partial charge is 0.376 e. The Morgan fingerprint density at radius 1 is 1.19 bits per heavy atom. The van der Waals surface area contributed by atoms with Gasteiger partial charge in [0, 0.05) is 17.0 Å². The maximum atomic E-state index is 12.1. The molecule has 0 saturated carbocycles. The standard InChI is InChI=1S/C19H16ClN3O4/c1-2-25-19(24)18-22-14-5-4-12(20)8-13(14)17(23-18)21-9-11-3-6-15-16(7-11)27-10-26-15/h3-8H,2,9-10H2,1H3,(H,21,22,23). The van der Waals surface area contributed by atoms with Crippen molar-refractivity contribution in [2.45, 2.75) is 13.5 Å². The van der Waals surface area contributed by atoms with E-state index >= 15 is 0 Å². The second-order valence-electron chi connectivity index (χ2n) is 5.82. The number of nitrogens with zero attached hydrogens (tertiary/aromatic N) is 2. The Kier molecular flexibility index (Phi) is 4.68. The lowest BCUT2D eigenvalue weighted by molar-refractivity contribution is 0.0512. The van der Waals surface area contributed by atoms with E-state index in [9.17, 15) is 4.79 Å². The van der Waals surface area contributed by atoms with Gasteiger partial charge in [-0.1, -0.05) is 17.7 Å². The summed E-state index contributed by atoms with van der Waals surface area (Å²) in [5, 5.41) is 4.52. The van der Waals surface area contributed by atoms with Crippen LogP contribution in [0.1, 0.15) is 23.1 Å². The van der Waals surface area contributed by atoms with E-state index in [0.717, 1.165) is 16.7 Å². The average molecular weight is 386 g/mol. The zero-order chi connectivity index (χ0) is 18.8. The molecule has 0 unspecified atom stereocenters. The van der Waals surface area contributed by atoms with E-state index in [1.54, 1.807) is 25.1 Å². The number of halogens is 1. The summed E-state index contributed by atoms with van der Waals surface area (Å²) in [4.78, 5) is 20.7. The third-order valence-electron chi connectivity index (χ3n) is 4.01. The molecule has 0 bridgehead atoms. The monoisotopic (exact) mass is 385 g/mol. The molecule has 0 spiro atoms. The number of carbonyl (C=O) groups excluding carboxylic acids is 1. The van der Waals surface area contributed by atoms with Gasteiger partial charge in [0.1, 0.15) is 5.82 Å². The second kappa shape index (κ2) is 7.28. The molecule has 7 nitrogen and oxygen atoms in total. The van der Waals surface area contributed by atoms with Crippen molar-refractivity contribution in [3.63, 3.8) is 0 Å². The maximum Gasteiger partial charge on any atom is 0.376 e. The SMILES string of the molecule is CCOC(=O)c1nc(NCc2ccc3c(c2)OCO3)c2cc(Cl)ccc2n1. The van der Waals surface area contributed by atoms with E-state index in [-0.39, 0.29) is 19.2 Å². The Hall–Kier alpha value is -3.06. The number of esters is 1. The molecule has 2 aromatic carbocycles. The quantitative estimate of drug-likeness (QED) is 0.669. The van der Waals surface area contributed by atoms with Gasteiger partial charge in [0.15, 0.2) is 11.5 Å². The highest BCUT2D eigenvalue weighted by molar-refractivity contribution is 6.31. The molecular formula is C19H16ClN3O4. The first kappa shape index (κ1) is 17.4. The fourth-order valence-electron chi connectivity index (χ4n) is 2.76. The highest BCUT2D eigenvalue weighted by Gasteiger charge is 2.16. The van der Waals surface area contributed by atoms with Gasteiger partial charge in [-0.2, -0.15) is 0 Å². The van der Waals surface area contributed by atoms with E-state index < -0.39 is 5.97 Å². The van der Waals surface area contributed by atoms with Gasteiger partial charge in [-0.25, -0.2) is 14.8 Å². The number of nitrogens with one attached hydrogen (secondary N) is 1. The van der Waals surface area contributed by atoms with Crippen LogP contribution in [0.15, 0.2) is 36.4 Å². The number of carbonyl (C=O) groups is 1. The summed E-state index contributed by atoms with van der Waals surface area (Å²) in [7, 11) is 0. The first-order valence-corrected chi connectivity index (χ1v) is 8.78. The summed E-state index contributed by atoms with van der Waals surface area (Å²) in [6, 6.07) is 10.9. The van der Waals surface area contributed by atoms with Gasteiger partial charge in [-0.3, -0.25) is 0 Å². The summed E-state index contributed by atoms with van der Waals surface area (Å²) in [5.74, 6) is 1.36. The Bertz CT molecular complexity index is 1030. The first-order chi connectivity index (χ1) is 13.1. The van der Waals surface area contributed by atoms with Crippen molar-refractivity contribution in [2.75, 3.05) is 18.7 Å². The minimum atomic E-state index is -0.569. The van der Waals surface area contributed by atoms with Crippen molar-refractivity contribution in [1.29, 1.82) is 0 Å². The van der Waals surface area contributed by atoms with Crippen LogP contribution >= 0.6 is 11.6 Å². The van der Waals surface area contributed by atoms with E-state index in [2.05, 4.69) is 15.3 Å². The molecule has 8 heteroatoms. The van der Waals surface area contributed by atoms with Crippen molar-refractivity contribution < 1.29 is 19.0 Å². The number of hydrogen-bond acceptors (Lipinski definition) is 7. The lowest BCUT2D eigenvalue weighted by Crippen LogP contribution is -2.12. The van der Waals surface area contributed by atoms with Crippen molar-refractivity contribution in [1.82, 2.24) is 9.97 Å². The molecule has 0 fully saturated rings. The molecule has 138 valence electrons. The number of aromatic nitrogens is 2. The van der Waals surface area contributed by atoms with Gasteiger partial charge in [0.05, 0.1) is 12.1 Å². The third-order valence-corrected chi connectivity index (χ3v) is 4.25. The summed E-state index contributed by atoms with van der Waals surface area (Å²) >= 11 is 6.12. The number of hydrogen-bond donors (Lipinski definition) is 1. The first-order valence-electron chi connectivity index (χ1n) is 8.41. The zero-order valence-electron chi connectivity index (χ0n) is 14.5. The normalized spacial score (nSPS) is 12.2. The van der Waals surface area contributed by atoms with Crippen LogP contribution < -0.4 is 14.8 Å². The topological polar surface area (TPSA) is 82.6 Å². The number of fused-ring (bicyclic) bond motifs is 2. The number of benzene rings is 2. The average Bonchev–Trinajstić information content (AvgIpc) is 3.14. The van der Waals surface area contributed by atoms with Gasteiger partial charge in [-0.15, -0.1) is 0 Å². The van der Waals surface area contributed by atoms with Crippen LogP contribution in [-0.4, -0.2) is 29.3 Å². The molecule has 0 aliphatic carbocycles. The van der Waals surface area contributed by atoms with Crippen LogP contribution in [0.3, 0.4) is 0 Å². The molecule has 2 heterocycles. The van der Waals surface area contributed by atoms with Crippen molar-refractivity contribution in [3.8, 4) is 11.5 Å². The maximum absolute atomic E-state index is 12.1. The van der Waals surface area contributed by atoms with Crippen LogP contribution in [0.4, 0.5) is 5.82 Å². The molecule has 4 rings (SSSR count). The molecular weight excluding hydrogens is 370 g/mol. The minimum absolute atomic E-state index is 0.000130. The lowest BCUT2D eigenvalue weighted by Gasteiger charge is -2.11. The van der Waals surface area contributed by atoms with Gasteiger partial charge in [0.2, 0.25) is 12.6 Å². The number of rotatable bonds is 5. The van der Waals surface area contributed by atoms with Crippen LogP contribution in [0.2, 0.25) is 5.02 Å². The number of ether oxygens (including phenoxy) is 3. The van der Waals surface area contributed by atoms with Crippen LogP contribution in [0, 0.1) is 0 Å². The minimum Gasteiger partial charge on any atom is -0.460 e. The summed E-state index contributed by atoms with van der Waals surface area (Å²) in [5.41, 5.74) is 1.58. The number of anilines is 1. The zero-order valence-corrected chi connectivity index (χ0v) is 15.2. The lowest BCUT2D eigenvalue weighted by atomic mass is 10.2. The molecule has 27 heavy (non-hydrogen) atoms. The van der Waals surface area contributed by atoms with Crippen LogP contribution in [0.25, 0.3) is 10.9 Å². The molecule has 0 atom stereocenters. The van der Waals surface area contributed by atoms with Gasteiger partial charge >= 0.3 is 5.97 Å². The molecule has 1 aliphatic rings. The van der Waals surface area contributed by atoms with E-state index in [1.165, 1.54) is 0 Å². The summed E-state index contributed by atoms with van der Waals surface area (Å²) < 4.78 is 15.7. The van der Waals surface area contributed by atoms with Crippen molar-refractivity contribution in [2.24, 2.45) is 0 Å². The summed E-state index contributed by atoms with van der Waals surface area (Å²) in [6.07, 6.45) is 0. The van der Waals surface area contributed by atoms with E-state index in [4.69, 9.17) is 25.8 Å². The van der Waals surface area contributed by atoms with E-state index in [1.807, 2.05) is 18.2 Å². The van der Waals surface area contributed by atoms with Crippen LogP contribution in [0.5, 0.6) is 11.5 Å². The second-order valence-corrected chi connectivity index (χ2v) is 6.26. The highest BCUT2D eigenvalue weighted by Crippen LogP contribution is 2.33. The Morgan fingerprint density at radius 3 is 2.89 bits per heavy atom.